The second-order valence-corrected chi connectivity index (χ2v) is 6.56. The van der Waals surface area contributed by atoms with E-state index < -0.39 is 0 Å². The molecule has 0 aromatic heterocycles. The average molecular weight is 274 g/mol. The van der Waals surface area contributed by atoms with Crippen molar-refractivity contribution in [1.82, 2.24) is 5.32 Å². The lowest BCUT2D eigenvalue weighted by atomic mass is 10.1. The lowest BCUT2D eigenvalue weighted by molar-refractivity contribution is 0.581. The second kappa shape index (κ2) is 7.12. The summed E-state index contributed by atoms with van der Waals surface area (Å²) in [6.45, 7) is 11.2. The molecule has 0 saturated carbocycles. The summed E-state index contributed by atoms with van der Waals surface area (Å²) in [6.07, 6.45) is 5.41. The number of anilines is 1. The van der Waals surface area contributed by atoms with Gasteiger partial charge >= 0.3 is 0 Å². The van der Waals surface area contributed by atoms with Crippen molar-refractivity contribution >= 4 is 5.69 Å². The van der Waals surface area contributed by atoms with Crippen molar-refractivity contribution in [2.75, 3.05) is 11.4 Å². The van der Waals surface area contributed by atoms with Gasteiger partial charge in [0, 0.05) is 30.9 Å². The first-order chi connectivity index (χ1) is 9.58. The zero-order valence-corrected chi connectivity index (χ0v) is 13.6. The Labute approximate surface area is 124 Å². The summed E-state index contributed by atoms with van der Waals surface area (Å²) in [4.78, 5) is 2.63. The zero-order chi connectivity index (χ0) is 14.5. The van der Waals surface area contributed by atoms with E-state index in [-0.39, 0.29) is 0 Å². The monoisotopic (exact) mass is 274 g/mol. The third-order valence-corrected chi connectivity index (χ3v) is 4.30. The molecular weight excluding hydrogens is 244 g/mol. The average Bonchev–Trinajstić information content (AvgIpc) is 2.61. The minimum absolute atomic E-state index is 0.532. The Kier molecular flexibility index (Phi) is 5.47. The Morgan fingerprint density at radius 3 is 2.80 bits per heavy atom. The van der Waals surface area contributed by atoms with Gasteiger partial charge in [0.1, 0.15) is 0 Å². The number of rotatable bonds is 4. The number of hydrogen-bond acceptors (Lipinski definition) is 2. The molecule has 0 bridgehead atoms. The molecule has 1 fully saturated rings. The Balaban J connectivity index is 2.24. The van der Waals surface area contributed by atoms with Crippen molar-refractivity contribution in [2.45, 2.75) is 72.0 Å². The highest BCUT2D eigenvalue weighted by Crippen LogP contribution is 2.28. The SMILES string of the molecule is Cc1ccc(N2CCCCCC2C)c(CNC(C)C)c1. The topological polar surface area (TPSA) is 15.3 Å². The fourth-order valence-corrected chi connectivity index (χ4v) is 3.08. The molecule has 112 valence electrons. The smallest absolute Gasteiger partial charge is 0.0414 e. The van der Waals surface area contributed by atoms with Crippen molar-refractivity contribution < 1.29 is 0 Å². The van der Waals surface area contributed by atoms with E-state index in [1.807, 2.05) is 0 Å². The minimum Gasteiger partial charge on any atom is -0.369 e. The van der Waals surface area contributed by atoms with Gasteiger partial charge in [-0.1, -0.05) is 44.4 Å². The molecule has 1 N–H and O–H groups in total. The molecule has 2 nitrogen and oxygen atoms in total. The fourth-order valence-electron chi connectivity index (χ4n) is 3.08. The molecule has 0 aliphatic carbocycles. The molecule has 0 radical (unpaired) electrons. The minimum atomic E-state index is 0.532. The number of nitrogens with one attached hydrogen (secondary N) is 1. The molecule has 1 aliphatic heterocycles. The molecule has 1 aromatic rings. The van der Waals surface area contributed by atoms with Gasteiger partial charge in [-0.25, -0.2) is 0 Å². The van der Waals surface area contributed by atoms with Gasteiger partial charge in [-0.05, 0) is 38.3 Å². The molecule has 2 heteroatoms. The van der Waals surface area contributed by atoms with Gasteiger partial charge < -0.3 is 10.2 Å². The Morgan fingerprint density at radius 2 is 2.05 bits per heavy atom. The molecule has 1 aliphatic rings. The fraction of sp³-hybridized carbons (Fsp3) is 0.667. The van der Waals surface area contributed by atoms with E-state index in [9.17, 15) is 0 Å². The van der Waals surface area contributed by atoms with Crippen LogP contribution in [0.5, 0.6) is 0 Å². The van der Waals surface area contributed by atoms with Crippen molar-refractivity contribution in [2.24, 2.45) is 0 Å². The third-order valence-electron chi connectivity index (χ3n) is 4.30. The Bertz CT molecular complexity index is 425. The van der Waals surface area contributed by atoms with Crippen LogP contribution in [0.1, 0.15) is 57.6 Å². The second-order valence-electron chi connectivity index (χ2n) is 6.56. The summed E-state index contributed by atoms with van der Waals surface area (Å²) < 4.78 is 0. The highest BCUT2D eigenvalue weighted by molar-refractivity contribution is 5.56. The lowest BCUT2D eigenvalue weighted by Crippen LogP contribution is -2.34. The maximum atomic E-state index is 3.57. The summed E-state index contributed by atoms with van der Waals surface area (Å²) in [7, 11) is 0. The van der Waals surface area contributed by atoms with Crippen LogP contribution >= 0.6 is 0 Å². The van der Waals surface area contributed by atoms with Crippen LogP contribution < -0.4 is 10.2 Å². The van der Waals surface area contributed by atoms with Gasteiger partial charge in [-0.2, -0.15) is 0 Å². The third kappa shape index (κ3) is 3.99. The first-order valence-electron chi connectivity index (χ1n) is 8.17. The van der Waals surface area contributed by atoms with E-state index in [0.717, 1.165) is 6.54 Å². The van der Waals surface area contributed by atoms with Crippen LogP contribution in [-0.4, -0.2) is 18.6 Å². The normalized spacial score (nSPS) is 20.2. The summed E-state index contributed by atoms with van der Waals surface area (Å²) in [5, 5.41) is 3.57. The number of benzene rings is 1. The van der Waals surface area contributed by atoms with Gasteiger partial charge in [-0.15, -0.1) is 0 Å². The van der Waals surface area contributed by atoms with Crippen LogP contribution in [0.25, 0.3) is 0 Å². The molecule has 2 rings (SSSR count). The molecule has 1 atom stereocenters. The first kappa shape index (κ1) is 15.4. The van der Waals surface area contributed by atoms with Crippen molar-refractivity contribution in [3.05, 3.63) is 29.3 Å². The number of aryl methyl sites for hydroxylation is 1. The van der Waals surface area contributed by atoms with E-state index in [4.69, 9.17) is 0 Å². The number of nitrogens with zero attached hydrogens (tertiary/aromatic N) is 1. The van der Waals surface area contributed by atoms with Gasteiger partial charge in [0.15, 0.2) is 0 Å². The van der Waals surface area contributed by atoms with Crippen LogP contribution in [0.3, 0.4) is 0 Å². The van der Waals surface area contributed by atoms with Crippen LogP contribution in [0, 0.1) is 6.92 Å². The van der Waals surface area contributed by atoms with Gasteiger partial charge in [0.2, 0.25) is 0 Å². The molecule has 1 unspecified atom stereocenters. The van der Waals surface area contributed by atoms with Crippen molar-refractivity contribution in [3.63, 3.8) is 0 Å². The van der Waals surface area contributed by atoms with E-state index in [1.165, 1.54) is 49.0 Å². The zero-order valence-electron chi connectivity index (χ0n) is 13.6. The summed E-state index contributed by atoms with van der Waals surface area (Å²) in [6, 6.07) is 8.13. The molecule has 20 heavy (non-hydrogen) atoms. The number of hydrogen-bond donors (Lipinski definition) is 1. The lowest BCUT2D eigenvalue weighted by Gasteiger charge is -2.32. The molecular formula is C18H30N2. The van der Waals surface area contributed by atoms with E-state index in [0.29, 0.717) is 12.1 Å². The van der Waals surface area contributed by atoms with Crippen LogP contribution in [0.15, 0.2) is 18.2 Å². The summed E-state index contributed by atoms with van der Waals surface area (Å²) >= 11 is 0. The molecule has 0 amide bonds. The standard InChI is InChI=1S/C18H30N2/c1-14(2)19-13-17-12-15(3)9-10-18(17)20-11-7-5-6-8-16(20)4/h9-10,12,14,16,19H,5-8,11,13H2,1-4H3. The maximum Gasteiger partial charge on any atom is 0.0414 e. The van der Waals surface area contributed by atoms with Crippen molar-refractivity contribution in [1.29, 1.82) is 0 Å². The Hall–Kier alpha value is -1.02. The van der Waals surface area contributed by atoms with E-state index in [1.54, 1.807) is 0 Å². The maximum absolute atomic E-state index is 3.57. The van der Waals surface area contributed by atoms with E-state index in [2.05, 4.69) is 56.1 Å². The van der Waals surface area contributed by atoms with Crippen LogP contribution in [-0.2, 0) is 6.54 Å². The molecule has 1 heterocycles. The molecule has 1 aromatic carbocycles. The van der Waals surface area contributed by atoms with Gasteiger partial charge in [0.25, 0.3) is 0 Å². The largest absolute Gasteiger partial charge is 0.369 e. The summed E-state index contributed by atoms with van der Waals surface area (Å²) in [5.74, 6) is 0. The summed E-state index contributed by atoms with van der Waals surface area (Å²) in [5.41, 5.74) is 4.25. The highest BCUT2D eigenvalue weighted by atomic mass is 15.2. The van der Waals surface area contributed by atoms with Gasteiger partial charge in [0.05, 0.1) is 0 Å². The Morgan fingerprint density at radius 1 is 1.25 bits per heavy atom. The predicted molar refractivity (Wildman–Crippen MR) is 88.4 cm³/mol. The quantitative estimate of drug-likeness (QED) is 0.882. The first-order valence-corrected chi connectivity index (χ1v) is 8.17. The van der Waals surface area contributed by atoms with E-state index >= 15 is 0 Å². The molecule has 0 spiro atoms. The van der Waals surface area contributed by atoms with Gasteiger partial charge in [-0.3, -0.25) is 0 Å². The van der Waals surface area contributed by atoms with Crippen LogP contribution in [0.4, 0.5) is 5.69 Å². The highest BCUT2D eigenvalue weighted by Gasteiger charge is 2.19. The molecule has 1 saturated heterocycles. The predicted octanol–water partition coefficient (Wildman–Crippen LogP) is 4.26. The van der Waals surface area contributed by atoms with Crippen molar-refractivity contribution in [3.8, 4) is 0 Å². The van der Waals surface area contributed by atoms with Crippen LogP contribution in [0.2, 0.25) is 0 Å².